The molecule has 2 N–H and O–H groups in total. The van der Waals surface area contributed by atoms with Gasteiger partial charge in [0.05, 0.1) is 36.7 Å². The second-order valence-electron chi connectivity index (χ2n) is 11.3. The molecule has 1 aliphatic heterocycles. The number of aromatic nitrogens is 7. The summed E-state index contributed by atoms with van der Waals surface area (Å²) in [7, 11) is 0. The SMILES string of the molecule is O=C(O)c1ccc(-c2cnn(C(C[C@@H]3C[C@@H]3C(=O)N3CCOCC3)c3ccc(-c4cc(Cl)ccc4-[n+]4cnn[nH]4)cn3)c2)cc1. The van der Waals surface area contributed by atoms with E-state index in [-0.39, 0.29) is 29.3 Å². The molecule has 13 heteroatoms. The van der Waals surface area contributed by atoms with Crippen LogP contribution in [0.3, 0.4) is 0 Å². The maximum absolute atomic E-state index is 13.2. The van der Waals surface area contributed by atoms with Crippen LogP contribution in [0.25, 0.3) is 27.9 Å². The number of nitrogens with one attached hydrogen (secondary N) is 1. The topological polar surface area (TPSA) is 143 Å². The van der Waals surface area contributed by atoms with E-state index in [1.54, 1.807) is 47.5 Å². The van der Waals surface area contributed by atoms with Gasteiger partial charge in [-0.1, -0.05) is 35.0 Å². The lowest BCUT2D eigenvalue weighted by atomic mass is 10.0. The van der Waals surface area contributed by atoms with E-state index in [1.807, 2.05) is 46.2 Å². The summed E-state index contributed by atoms with van der Waals surface area (Å²) in [5.41, 5.74) is 5.31. The Morgan fingerprint density at radius 3 is 2.56 bits per heavy atom. The van der Waals surface area contributed by atoms with Gasteiger partial charge in [0.25, 0.3) is 6.33 Å². The molecule has 1 saturated heterocycles. The van der Waals surface area contributed by atoms with Gasteiger partial charge in [0.2, 0.25) is 5.91 Å². The number of nitrogens with zero attached hydrogens (tertiary/aromatic N) is 7. The highest BCUT2D eigenvalue weighted by Gasteiger charge is 2.46. The molecule has 2 aromatic carbocycles. The predicted molar refractivity (Wildman–Crippen MR) is 163 cm³/mol. The molecule has 12 nitrogen and oxygen atoms in total. The van der Waals surface area contributed by atoms with E-state index in [4.69, 9.17) is 26.4 Å². The van der Waals surface area contributed by atoms with E-state index in [2.05, 4.69) is 15.5 Å². The van der Waals surface area contributed by atoms with Crippen molar-refractivity contribution in [3.8, 4) is 27.9 Å². The van der Waals surface area contributed by atoms with Crippen LogP contribution in [0.2, 0.25) is 5.02 Å². The lowest BCUT2D eigenvalue weighted by Gasteiger charge is -2.27. The number of morpholine rings is 1. The number of carbonyl (C=O) groups excluding carboxylic acids is 1. The summed E-state index contributed by atoms with van der Waals surface area (Å²) in [6.45, 7) is 2.43. The van der Waals surface area contributed by atoms with Gasteiger partial charge in [0, 0.05) is 53.1 Å². The molecule has 1 saturated carbocycles. The fourth-order valence-corrected chi connectivity index (χ4v) is 6.12. The van der Waals surface area contributed by atoms with Crippen molar-refractivity contribution in [1.82, 2.24) is 35.2 Å². The van der Waals surface area contributed by atoms with Gasteiger partial charge in [0.1, 0.15) is 10.8 Å². The average Bonchev–Trinajstić information content (AvgIpc) is 3.40. The van der Waals surface area contributed by atoms with Crippen molar-refractivity contribution in [2.75, 3.05) is 26.3 Å². The molecule has 0 bridgehead atoms. The standard InChI is InChI=1S/C32H29ClN8O4/c33-25-6-8-29(41-19-35-37-38-41)26(15-25)22-5-7-28(34-16-22)30(14-23-13-27(23)31(42)39-9-11-45-12-10-39)40-18-24(17-36-40)20-1-3-21(4-2-20)32(43)44/h1-8,15-19,23,27,30H,9-14H2,(H,43,44)/p+1/t23-,27-,30?/m0/s1. The molecule has 7 rings (SSSR count). The zero-order valence-corrected chi connectivity index (χ0v) is 24.9. The Morgan fingerprint density at radius 2 is 1.84 bits per heavy atom. The molecule has 0 radical (unpaired) electrons. The monoisotopic (exact) mass is 625 g/mol. The molecular weight excluding hydrogens is 596 g/mol. The van der Waals surface area contributed by atoms with Crippen LogP contribution in [0, 0.1) is 11.8 Å². The van der Waals surface area contributed by atoms with Gasteiger partial charge in [-0.3, -0.25) is 14.5 Å². The number of carboxylic acids is 1. The van der Waals surface area contributed by atoms with Crippen LogP contribution in [-0.4, -0.2) is 78.5 Å². The summed E-state index contributed by atoms with van der Waals surface area (Å²) in [4.78, 5) is 31.4. The number of aromatic carboxylic acids is 1. The average molecular weight is 626 g/mol. The van der Waals surface area contributed by atoms with E-state index < -0.39 is 5.97 Å². The van der Waals surface area contributed by atoms with E-state index in [9.17, 15) is 14.7 Å². The molecule has 4 heterocycles. The highest BCUT2D eigenvalue weighted by atomic mass is 35.5. The second kappa shape index (κ2) is 12.2. The molecule has 228 valence electrons. The van der Waals surface area contributed by atoms with Gasteiger partial charge in [-0.25, -0.2) is 4.79 Å². The third-order valence-corrected chi connectivity index (χ3v) is 8.74. The Labute approximate surface area is 263 Å². The Kier molecular flexibility index (Phi) is 7.82. The first-order valence-corrected chi connectivity index (χ1v) is 15.1. The molecule has 1 unspecified atom stereocenters. The van der Waals surface area contributed by atoms with Gasteiger partial charge in [-0.05, 0) is 60.7 Å². The number of ether oxygens (including phenoxy) is 1. The van der Waals surface area contributed by atoms with Crippen LogP contribution < -0.4 is 4.68 Å². The minimum absolute atomic E-state index is 0.0162. The third-order valence-electron chi connectivity index (χ3n) is 8.51. The number of aromatic amines is 1. The first-order valence-electron chi connectivity index (χ1n) is 14.7. The summed E-state index contributed by atoms with van der Waals surface area (Å²) in [5.74, 6) is -0.581. The molecule has 1 aliphatic carbocycles. The van der Waals surface area contributed by atoms with Gasteiger partial charge in [-0.15, -0.1) is 4.68 Å². The Morgan fingerprint density at radius 1 is 1.04 bits per heavy atom. The lowest BCUT2D eigenvalue weighted by molar-refractivity contribution is -0.659. The Hall–Kier alpha value is -4.94. The fraction of sp³-hybridized carbons (Fsp3) is 0.281. The van der Waals surface area contributed by atoms with Crippen molar-refractivity contribution in [2.45, 2.75) is 18.9 Å². The molecule has 1 amide bonds. The molecule has 3 atom stereocenters. The molecule has 2 fully saturated rings. The summed E-state index contributed by atoms with van der Waals surface area (Å²) >= 11 is 6.38. The van der Waals surface area contributed by atoms with Gasteiger partial charge in [-0.2, -0.15) is 5.10 Å². The van der Waals surface area contributed by atoms with E-state index in [0.717, 1.165) is 40.1 Å². The number of benzene rings is 2. The number of hydrogen-bond acceptors (Lipinski definition) is 7. The van der Waals surface area contributed by atoms with E-state index >= 15 is 0 Å². The Balaban J connectivity index is 1.18. The van der Waals surface area contributed by atoms with Crippen molar-refractivity contribution >= 4 is 23.5 Å². The molecule has 0 spiro atoms. The fourth-order valence-electron chi connectivity index (χ4n) is 5.95. The number of carbonyl (C=O) groups is 2. The van der Waals surface area contributed by atoms with Crippen molar-refractivity contribution in [3.63, 3.8) is 0 Å². The molecule has 2 aliphatic rings. The highest BCUT2D eigenvalue weighted by Crippen LogP contribution is 2.46. The van der Waals surface area contributed by atoms with Crippen LogP contribution in [0.15, 0.2) is 79.5 Å². The van der Waals surface area contributed by atoms with Crippen LogP contribution in [-0.2, 0) is 9.53 Å². The van der Waals surface area contributed by atoms with E-state index in [0.29, 0.717) is 37.7 Å². The highest BCUT2D eigenvalue weighted by molar-refractivity contribution is 6.31. The maximum atomic E-state index is 13.2. The summed E-state index contributed by atoms with van der Waals surface area (Å²) < 4.78 is 9.03. The number of pyridine rings is 1. The predicted octanol–water partition coefficient (Wildman–Crippen LogP) is 3.83. The maximum Gasteiger partial charge on any atom is 0.335 e. The minimum Gasteiger partial charge on any atom is -0.478 e. The first-order chi connectivity index (χ1) is 21.9. The summed E-state index contributed by atoms with van der Waals surface area (Å²) in [5, 5.41) is 25.1. The Bertz CT molecular complexity index is 1820. The second-order valence-corrected chi connectivity index (χ2v) is 11.8. The lowest BCUT2D eigenvalue weighted by Crippen LogP contribution is -2.41. The number of amides is 1. The summed E-state index contributed by atoms with van der Waals surface area (Å²) in [6, 6.07) is 16.1. The molecule has 5 aromatic rings. The van der Waals surface area contributed by atoms with E-state index in [1.165, 1.54) is 0 Å². The van der Waals surface area contributed by atoms with Gasteiger partial charge >= 0.3 is 5.97 Å². The number of halogens is 1. The first kappa shape index (κ1) is 28.8. The number of rotatable bonds is 9. The van der Waals surface area contributed by atoms with Crippen LogP contribution in [0.4, 0.5) is 0 Å². The smallest absolute Gasteiger partial charge is 0.335 e. The van der Waals surface area contributed by atoms with Crippen molar-refractivity contribution in [3.05, 3.63) is 95.8 Å². The third kappa shape index (κ3) is 6.06. The number of hydrogen-bond donors (Lipinski definition) is 2. The van der Waals surface area contributed by atoms with Crippen molar-refractivity contribution in [1.29, 1.82) is 0 Å². The number of tetrazole rings is 1. The number of carboxylic acid groups (broad SMARTS) is 1. The normalized spacial score (nSPS) is 18.5. The number of H-pyrrole nitrogens is 1. The molecule has 3 aromatic heterocycles. The zero-order valence-electron chi connectivity index (χ0n) is 24.2. The zero-order chi connectivity index (χ0) is 30.9. The van der Waals surface area contributed by atoms with Crippen LogP contribution >= 0.6 is 11.6 Å². The van der Waals surface area contributed by atoms with Gasteiger partial charge < -0.3 is 14.7 Å². The molecule has 45 heavy (non-hydrogen) atoms. The largest absolute Gasteiger partial charge is 0.478 e. The van der Waals surface area contributed by atoms with Crippen LogP contribution in [0.1, 0.15) is 34.9 Å². The minimum atomic E-state index is -0.970. The van der Waals surface area contributed by atoms with Crippen molar-refractivity contribution < 1.29 is 24.1 Å². The quantitative estimate of drug-likeness (QED) is 0.235. The summed E-state index contributed by atoms with van der Waals surface area (Å²) in [6.07, 6.45) is 8.66. The van der Waals surface area contributed by atoms with Gasteiger partial charge in [0.15, 0.2) is 5.21 Å². The van der Waals surface area contributed by atoms with Crippen LogP contribution in [0.5, 0.6) is 0 Å². The molecular formula is C32H30ClN8O4+. The van der Waals surface area contributed by atoms with Crippen molar-refractivity contribution in [2.24, 2.45) is 11.8 Å².